The molecule has 1 nitrogen and oxygen atoms in total. The first-order valence-corrected chi connectivity index (χ1v) is 6.81. The van der Waals surface area contributed by atoms with Crippen molar-refractivity contribution in [1.82, 2.24) is 5.32 Å². The molecular formula is C11H23NS. The lowest BCUT2D eigenvalue weighted by atomic mass is 10.1. The van der Waals surface area contributed by atoms with Crippen LogP contribution in [0.5, 0.6) is 0 Å². The molecule has 0 saturated heterocycles. The molecule has 0 amide bonds. The number of hydrogen-bond acceptors (Lipinski definition) is 2. The van der Waals surface area contributed by atoms with Gasteiger partial charge in [-0.05, 0) is 31.4 Å². The van der Waals surface area contributed by atoms with Gasteiger partial charge in [-0.1, -0.05) is 20.3 Å². The second-order valence-corrected chi connectivity index (χ2v) is 5.51. The van der Waals surface area contributed by atoms with E-state index in [9.17, 15) is 0 Å². The van der Waals surface area contributed by atoms with Gasteiger partial charge >= 0.3 is 0 Å². The van der Waals surface area contributed by atoms with Gasteiger partial charge in [-0.3, -0.25) is 0 Å². The molecule has 1 fully saturated rings. The highest BCUT2D eigenvalue weighted by Gasteiger charge is 2.22. The summed E-state index contributed by atoms with van der Waals surface area (Å²) in [5, 5.41) is 4.44. The lowest BCUT2D eigenvalue weighted by Gasteiger charge is -2.15. The summed E-state index contributed by atoms with van der Waals surface area (Å²) in [6.45, 7) is 5.80. The minimum atomic E-state index is 0.765. The van der Waals surface area contributed by atoms with Gasteiger partial charge in [0.05, 0.1) is 0 Å². The number of nitrogens with one attached hydrogen (secondary N) is 1. The van der Waals surface area contributed by atoms with Crippen molar-refractivity contribution >= 4 is 11.8 Å². The van der Waals surface area contributed by atoms with E-state index in [0.29, 0.717) is 0 Å². The number of hydrogen-bond donors (Lipinski definition) is 1. The van der Waals surface area contributed by atoms with Crippen molar-refractivity contribution in [2.45, 2.75) is 50.8 Å². The molecule has 0 radical (unpaired) electrons. The van der Waals surface area contributed by atoms with Gasteiger partial charge in [0.15, 0.2) is 0 Å². The smallest absolute Gasteiger partial charge is 0.0141 e. The summed E-state index contributed by atoms with van der Waals surface area (Å²) < 4.78 is 0. The van der Waals surface area contributed by atoms with E-state index in [1.54, 1.807) is 0 Å². The van der Waals surface area contributed by atoms with Gasteiger partial charge in [0, 0.05) is 17.8 Å². The predicted octanol–water partition coefficient (Wildman–Crippen LogP) is 2.91. The zero-order valence-corrected chi connectivity index (χ0v) is 9.99. The Labute approximate surface area is 87.1 Å². The molecule has 3 unspecified atom stereocenters. The zero-order valence-electron chi connectivity index (χ0n) is 9.18. The first-order valence-electron chi connectivity index (χ1n) is 5.52. The molecule has 0 aliphatic heterocycles. The molecule has 78 valence electrons. The summed E-state index contributed by atoms with van der Waals surface area (Å²) in [6, 6.07) is 0.819. The second kappa shape index (κ2) is 5.92. The molecule has 3 atom stereocenters. The average molecular weight is 201 g/mol. The SMILES string of the molecule is CCC1CCC(NCC(C)SC)C1. The van der Waals surface area contributed by atoms with E-state index in [0.717, 1.165) is 17.2 Å². The maximum Gasteiger partial charge on any atom is 0.0141 e. The van der Waals surface area contributed by atoms with Crippen molar-refractivity contribution in [2.75, 3.05) is 12.8 Å². The molecule has 1 aliphatic carbocycles. The number of rotatable bonds is 5. The summed E-state index contributed by atoms with van der Waals surface area (Å²) in [4.78, 5) is 0. The van der Waals surface area contributed by atoms with Crippen LogP contribution in [-0.2, 0) is 0 Å². The molecule has 2 heteroatoms. The van der Waals surface area contributed by atoms with E-state index in [2.05, 4.69) is 25.4 Å². The average Bonchev–Trinajstić information content (AvgIpc) is 2.61. The van der Waals surface area contributed by atoms with Crippen molar-refractivity contribution in [1.29, 1.82) is 0 Å². The third-order valence-corrected chi connectivity index (χ3v) is 4.19. The topological polar surface area (TPSA) is 12.0 Å². The molecule has 0 heterocycles. The molecule has 1 rings (SSSR count). The van der Waals surface area contributed by atoms with Gasteiger partial charge in [0.25, 0.3) is 0 Å². The molecule has 1 N–H and O–H groups in total. The maximum atomic E-state index is 3.68. The highest BCUT2D eigenvalue weighted by Crippen LogP contribution is 2.27. The Bertz CT molecular complexity index is 138. The molecule has 0 spiro atoms. The lowest BCUT2D eigenvalue weighted by Crippen LogP contribution is -2.31. The van der Waals surface area contributed by atoms with Crippen LogP contribution < -0.4 is 5.32 Å². The highest BCUT2D eigenvalue weighted by atomic mass is 32.2. The van der Waals surface area contributed by atoms with Crippen LogP contribution >= 0.6 is 11.8 Å². The maximum absolute atomic E-state index is 3.68. The molecule has 0 aromatic carbocycles. The van der Waals surface area contributed by atoms with Crippen LogP contribution in [0.4, 0.5) is 0 Å². The first kappa shape index (κ1) is 11.4. The Morgan fingerprint density at radius 3 is 2.77 bits per heavy atom. The Morgan fingerprint density at radius 2 is 2.23 bits per heavy atom. The largest absolute Gasteiger partial charge is 0.313 e. The van der Waals surface area contributed by atoms with Crippen LogP contribution in [0.25, 0.3) is 0 Å². The molecule has 0 aromatic heterocycles. The van der Waals surface area contributed by atoms with Gasteiger partial charge < -0.3 is 5.32 Å². The summed E-state index contributed by atoms with van der Waals surface area (Å²) in [7, 11) is 0. The summed E-state index contributed by atoms with van der Waals surface area (Å²) >= 11 is 1.95. The minimum absolute atomic E-state index is 0.765. The van der Waals surface area contributed by atoms with Crippen molar-refractivity contribution < 1.29 is 0 Å². The van der Waals surface area contributed by atoms with Crippen molar-refractivity contribution in [3.8, 4) is 0 Å². The molecule has 0 bridgehead atoms. The normalized spacial score (nSPS) is 30.7. The molecule has 1 aliphatic rings. The lowest BCUT2D eigenvalue weighted by molar-refractivity contribution is 0.479. The van der Waals surface area contributed by atoms with Crippen LogP contribution in [0, 0.1) is 5.92 Å². The monoisotopic (exact) mass is 201 g/mol. The van der Waals surface area contributed by atoms with Gasteiger partial charge in [-0.15, -0.1) is 0 Å². The quantitative estimate of drug-likeness (QED) is 0.734. The van der Waals surface area contributed by atoms with E-state index in [4.69, 9.17) is 0 Å². The van der Waals surface area contributed by atoms with Crippen molar-refractivity contribution in [3.63, 3.8) is 0 Å². The Kier molecular flexibility index (Phi) is 5.18. The van der Waals surface area contributed by atoms with Crippen LogP contribution in [-0.4, -0.2) is 24.1 Å². The Balaban J connectivity index is 2.10. The van der Waals surface area contributed by atoms with E-state index in [-0.39, 0.29) is 0 Å². The van der Waals surface area contributed by atoms with Gasteiger partial charge in [0.1, 0.15) is 0 Å². The van der Waals surface area contributed by atoms with E-state index in [1.165, 1.54) is 32.2 Å². The van der Waals surface area contributed by atoms with Gasteiger partial charge in [-0.25, -0.2) is 0 Å². The summed E-state index contributed by atoms with van der Waals surface area (Å²) in [6.07, 6.45) is 7.82. The first-order chi connectivity index (χ1) is 6.26. The Hall–Kier alpha value is 0.310. The molecular weight excluding hydrogens is 178 g/mol. The van der Waals surface area contributed by atoms with Crippen LogP contribution in [0.15, 0.2) is 0 Å². The van der Waals surface area contributed by atoms with Crippen molar-refractivity contribution in [3.05, 3.63) is 0 Å². The molecule has 1 saturated carbocycles. The third-order valence-electron chi connectivity index (χ3n) is 3.21. The van der Waals surface area contributed by atoms with E-state index in [1.807, 2.05) is 11.8 Å². The highest BCUT2D eigenvalue weighted by molar-refractivity contribution is 7.99. The fourth-order valence-electron chi connectivity index (χ4n) is 2.05. The number of thioether (sulfide) groups is 1. The second-order valence-electron chi connectivity index (χ2n) is 4.24. The standard InChI is InChI=1S/C11H23NS/c1-4-10-5-6-11(7-10)12-8-9(2)13-3/h9-12H,4-8H2,1-3H3. The molecule has 13 heavy (non-hydrogen) atoms. The zero-order chi connectivity index (χ0) is 9.68. The van der Waals surface area contributed by atoms with E-state index < -0.39 is 0 Å². The fourth-order valence-corrected chi connectivity index (χ4v) is 2.31. The van der Waals surface area contributed by atoms with Crippen LogP contribution in [0.3, 0.4) is 0 Å². The van der Waals surface area contributed by atoms with Gasteiger partial charge in [-0.2, -0.15) is 11.8 Å². The van der Waals surface area contributed by atoms with Crippen LogP contribution in [0.2, 0.25) is 0 Å². The van der Waals surface area contributed by atoms with E-state index >= 15 is 0 Å². The minimum Gasteiger partial charge on any atom is -0.313 e. The predicted molar refractivity (Wildman–Crippen MR) is 62.4 cm³/mol. The fraction of sp³-hybridized carbons (Fsp3) is 1.00. The third kappa shape index (κ3) is 3.90. The van der Waals surface area contributed by atoms with Gasteiger partial charge in [0.2, 0.25) is 0 Å². The molecule has 0 aromatic rings. The Morgan fingerprint density at radius 1 is 1.46 bits per heavy atom. The van der Waals surface area contributed by atoms with Crippen LogP contribution in [0.1, 0.15) is 39.5 Å². The summed E-state index contributed by atoms with van der Waals surface area (Å²) in [5.41, 5.74) is 0. The summed E-state index contributed by atoms with van der Waals surface area (Å²) in [5.74, 6) is 1.00. The van der Waals surface area contributed by atoms with Crippen molar-refractivity contribution in [2.24, 2.45) is 5.92 Å².